The Kier molecular flexibility index (Phi) is 7.66. The van der Waals surface area contributed by atoms with Crippen molar-refractivity contribution in [2.75, 3.05) is 22.5 Å². The largest absolute Gasteiger partial charge is 0.484 e. The SMILES string of the molecule is Cc1ccc(CN(c2ccc(OCC(=O)Nc3ccc(Cl)c(Cl)c3)cc2)S(C)(=O)=O)cc1. The lowest BCUT2D eigenvalue weighted by Crippen LogP contribution is -2.29. The molecule has 0 saturated carbocycles. The van der Waals surface area contributed by atoms with E-state index in [1.165, 1.54) is 10.6 Å². The average Bonchev–Trinajstić information content (AvgIpc) is 2.74. The molecule has 0 fully saturated rings. The van der Waals surface area contributed by atoms with Gasteiger partial charge in [0, 0.05) is 5.69 Å². The van der Waals surface area contributed by atoms with Gasteiger partial charge in [0.25, 0.3) is 5.91 Å². The minimum atomic E-state index is -3.50. The Morgan fingerprint density at radius 2 is 1.62 bits per heavy atom. The molecule has 1 N–H and O–H groups in total. The van der Waals surface area contributed by atoms with E-state index in [0.717, 1.165) is 11.1 Å². The van der Waals surface area contributed by atoms with Crippen LogP contribution in [0.4, 0.5) is 11.4 Å². The molecule has 0 radical (unpaired) electrons. The van der Waals surface area contributed by atoms with E-state index in [9.17, 15) is 13.2 Å². The molecule has 0 bridgehead atoms. The van der Waals surface area contributed by atoms with Crippen LogP contribution in [-0.2, 0) is 21.4 Å². The van der Waals surface area contributed by atoms with E-state index in [2.05, 4.69) is 5.32 Å². The lowest BCUT2D eigenvalue weighted by molar-refractivity contribution is -0.118. The van der Waals surface area contributed by atoms with Crippen LogP contribution in [0, 0.1) is 6.92 Å². The summed E-state index contributed by atoms with van der Waals surface area (Å²) in [5, 5.41) is 3.40. The molecule has 0 atom stereocenters. The van der Waals surface area contributed by atoms with Crippen molar-refractivity contribution < 1.29 is 17.9 Å². The predicted octanol–water partition coefficient (Wildman–Crippen LogP) is 5.29. The Morgan fingerprint density at radius 1 is 0.969 bits per heavy atom. The summed E-state index contributed by atoms with van der Waals surface area (Å²) in [6, 6.07) is 19.0. The van der Waals surface area contributed by atoms with Crippen LogP contribution in [0.5, 0.6) is 5.75 Å². The van der Waals surface area contributed by atoms with Crippen molar-refractivity contribution in [2.45, 2.75) is 13.5 Å². The van der Waals surface area contributed by atoms with Gasteiger partial charge in [-0.15, -0.1) is 0 Å². The van der Waals surface area contributed by atoms with Crippen molar-refractivity contribution in [1.82, 2.24) is 0 Å². The van der Waals surface area contributed by atoms with Gasteiger partial charge in [0.2, 0.25) is 10.0 Å². The van der Waals surface area contributed by atoms with Crippen molar-refractivity contribution in [3.8, 4) is 5.75 Å². The molecule has 32 heavy (non-hydrogen) atoms. The Hall–Kier alpha value is -2.74. The quantitative estimate of drug-likeness (QED) is 0.463. The summed E-state index contributed by atoms with van der Waals surface area (Å²) in [7, 11) is -3.50. The number of ether oxygens (including phenoxy) is 1. The number of sulfonamides is 1. The molecule has 168 valence electrons. The summed E-state index contributed by atoms with van der Waals surface area (Å²) < 4.78 is 31.5. The normalized spacial score (nSPS) is 11.1. The van der Waals surface area contributed by atoms with Crippen LogP contribution in [0.3, 0.4) is 0 Å². The van der Waals surface area contributed by atoms with E-state index < -0.39 is 10.0 Å². The number of aryl methyl sites for hydroxylation is 1. The number of hydrogen-bond acceptors (Lipinski definition) is 4. The summed E-state index contributed by atoms with van der Waals surface area (Å²) in [6.07, 6.45) is 1.17. The smallest absolute Gasteiger partial charge is 0.262 e. The molecule has 9 heteroatoms. The van der Waals surface area contributed by atoms with E-state index in [-0.39, 0.29) is 19.1 Å². The first-order valence-corrected chi connectivity index (χ1v) is 12.2. The highest BCUT2D eigenvalue weighted by molar-refractivity contribution is 7.92. The highest BCUT2D eigenvalue weighted by Gasteiger charge is 2.18. The van der Waals surface area contributed by atoms with E-state index in [0.29, 0.717) is 27.2 Å². The van der Waals surface area contributed by atoms with Crippen molar-refractivity contribution in [2.24, 2.45) is 0 Å². The van der Waals surface area contributed by atoms with Gasteiger partial charge in [-0.3, -0.25) is 9.10 Å². The molecule has 3 rings (SSSR count). The fourth-order valence-electron chi connectivity index (χ4n) is 2.89. The number of nitrogens with zero attached hydrogens (tertiary/aromatic N) is 1. The molecule has 0 spiro atoms. The first-order valence-electron chi connectivity index (χ1n) is 9.63. The van der Waals surface area contributed by atoms with Gasteiger partial charge in [0.1, 0.15) is 5.75 Å². The summed E-state index contributed by atoms with van der Waals surface area (Å²) in [6.45, 7) is 1.96. The number of nitrogens with one attached hydrogen (secondary N) is 1. The van der Waals surface area contributed by atoms with Crippen LogP contribution in [0.1, 0.15) is 11.1 Å². The number of halogens is 2. The molecule has 0 unspecified atom stereocenters. The summed E-state index contributed by atoms with van der Waals surface area (Å²) >= 11 is 11.8. The number of hydrogen-bond donors (Lipinski definition) is 1. The number of anilines is 2. The van der Waals surface area contributed by atoms with Crippen LogP contribution in [-0.4, -0.2) is 27.2 Å². The second-order valence-corrected chi connectivity index (χ2v) is 9.94. The standard InChI is InChI=1S/C23H22Cl2N2O4S/c1-16-3-5-17(6-4-16)14-27(32(2,29)30)19-8-10-20(11-9-19)31-15-23(28)26-18-7-12-21(24)22(25)13-18/h3-13H,14-15H2,1-2H3,(H,26,28). The van der Waals surface area contributed by atoms with E-state index in [1.54, 1.807) is 42.5 Å². The Labute approximate surface area is 197 Å². The molecule has 3 aromatic rings. The summed E-state index contributed by atoms with van der Waals surface area (Å²) in [5.41, 5.74) is 2.98. The molecule has 0 aliphatic rings. The number of benzene rings is 3. The van der Waals surface area contributed by atoms with Gasteiger partial charge in [-0.25, -0.2) is 8.42 Å². The van der Waals surface area contributed by atoms with Crippen LogP contribution in [0.25, 0.3) is 0 Å². The Bertz CT molecular complexity index is 1200. The number of carbonyl (C=O) groups excluding carboxylic acids is 1. The fraction of sp³-hybridized carbons (Fsp3) is 0.174. The second kappa shape index (κ2) is 10.3. The van der Waals surface area contributed by atoms with Crippen molar-refractivity contribution in [3.63, 3.8) is 0 Å². The first-order chi connectivity index (χ1) is 15.1. The summed E-state index contributed by atoms with van der Waals surface area (Å²) in [4.78, 5) is 12.1. The molecule has 0 aliphatic heterocycles. The van der Waals surface area contributed by atoms with Gasteiger partial charge in [0.15, 0.2) is 6.61 Å². The molecule has 0 aromatic heterocycles. The number of amides is 1. The maximum Gasteiger partial charge on any atom is 0.262 e. The maximum absolute atomic E-state index is 12.3. The van der Waals surface area contributed by atoms with E-state index in [1.807, 2.05) is 31.2 Å². The van der Waals surface area contributed by atoms with Crippen molar-refractivity contribution in [1.29, 1.82) is 0 Å². The monoisotopic (exact) mass is 492 g/mol. The van der Waals surface area contributed by atoms with E-state index >= 15 is 0 Å². The van der Waals surface area contributed by atoms with Gasteiger partial charge in [-0.1, -0.05) is 53.0 Å². The maximum atomic E-state index is 12.3. The lowest BCUT2D eigenvalue weighted by atomic mass is 10.1. The van der Waals surface area contributed by atoms with Crippen LogP contribution in [0.2, 0.25) is 10.0 Å². The zero-order valence-electron chi connectivity index (χ0n) is 17.5. The molecule has 3 aromatic carbocycles. The number of carbonyl (C=O) groups is 1. The number of rotatable bonds is 8. The molecule has 0 aliphatic carbocycles. The van der Waals surface area contributed by atoms with Gasteiger partial charge in [-0.05, 0) is 55.0 Å². The average molecular weight is 493 g/mol. The zero-order valence-corrected chi connectivity index (χ0v) is 19.8. The van der Waals surface area contributed by atoms with Crippen LogP contribution >= 0.6 is 23.2 Å². The topological polar surface area (TPSA) is 75.7 Å². The van der Waals surface area contributed by atoms with Gasteiger partial charge in [0.05, 0.1) is 28.5 Å². The van der Waals surface area contributed by atoms with Crippen LogP contribution < -0.4 is 14.4 Å². The summed E-state index contributed by atoms with van der Waals surface area (Å²) in [5.74, 6) is 0.0615. The third-order valence-electron chi connectivity index (χ3n) is 4.55. The highest BCUT2D eigenvalue weighted by atomic mass is 35.5. The fourth-order valence-corrected chi connectivity index (χ4v) is 4.07. The van der Waals surface area contributed by atoms with Crippen LogP contribution in [0.15, 0.2) is 66.7 Å². The minimum Gasteiger partial charge on any atom is -0.484 e. The van der Waals surface area contributed by atoms with Gasteiger partial charge < -0.3 is 10.1 Å². The molecule has 0 saturated heterocycles. The molecular weight excluding hydrogens is 471 g/mol. The minimum absolute atomic E-state index is 0.214. The highest BCUT2D eigenvalue weighted by Crippen LogP contribution is 2.26. The third kappa shape index (κ3) is 6.63. The van der Waals surface area contributed by atoms with E-state index in [4.69, 9.17) is 27.9 Å². The van der Waals surface area contributed by atoms with Gasteiger partial charge >= 0.3 is 0 Å². The molecule has 6 nitrogen and oxygen atoms in total. The molecule has 0 heterocycles. The van der Waals surface area contributed by atoms with Crippen molar-refractivity contribution >= 4 is 50.5 Å². The predicted molar refractivity (Wildman–Crippen MR) is 129 cm³/mol. The Morgan fingerprint density at radius 3 is 2.22 bits per heavy atom. The molecular formula is C23H22Cl2N2O4S. The zero-order chi connectivity index (χ0) is 23.3. The first kappa shape index (κ1) is 23.9. The Balaban J connectivity index is 1.63. The van der Waals surface area contributed by atoms with Gasteiger partial charge in [-0.2, -0.15) is 0 Å². The third-order valence-corrected chi connectivity index (χ3v) is 6.42. The lowest BCUT2D eigenvalue weighted by Gasteiger charge is -2.23. The molecule has 1 amide bonds. The van der Waals surface area contributed by atoms with Crippen molar-refractivity contribution in [3.05, 3.63) is 87.9 Å². The second-order valence-electron chi connectivity index (χ2n) is 7.21.